The van der Waals surface area contributed by atoms with Gasteiger partial charge in [-0.3, -0.25) is 0 Å². The SMILES string of the molecule is CCNC(=NCc1ncc(C)s1)NCC#Cc1cccc(C(F)(F)F)c1. The van der Waals surface area contributed by atoms with E-state index in [1.165, 1.54) is 6.07 Å². The van der Waals surface area contributed by atoms with E-state index >= 15 is 0 Å². The van der Waals surface area contributed by atoms with Crippen LogP contribution in [-0.4, -0.2) is 24.0 Å². The highest BCUT2D eigenvalue weighted by Gasteiger charge is 2.30. The van der Waals surface area contributed by atoms with Gasteiger partial charge in [0, 0.05) is 23.2 Å². The Morgan fingerprint density at radius 1 is 1.31 bits per heavy atom. The summed E-state index contributed by atoms with van der Waals surface area (Å²) in [6.07, 6.45) is -2.56. The Balaban J connectivity index is 1.95. The standard InChI is InChI=1S/C18H19F3N4S/c1-3-22-17(25-12-16-24-11-13(2)26-16)23-9-5-7-14-6-4-8-15(10-14)18(19,20)21/h4,6,8,10-11H,3,9,12H2,1-2H3,(H2,22,23,25). The molecule has 1 aromatic heterocycles. The largest absolute Gasteiger partial charge is 0.416 e. The quantitative estimate of drug-likeness (QED) is 0.484. The maximum absolute atomic E-state index is 12.7. The molecule has 1 heterocycles. The second-order valence-electron chi connectivity index (χ2n) is 5.29. The molecule has 0 atom stereocenters. The molecule has 2 rings (SSSR count). The van der Waals surface area contributed by atoms with Crippen molar-refractivity contribution in [1.29, 1.82) is 0 Å². The summed E-state index contributed by atoms with van der Waals surface area (Å²) in [5.41, 5.74) is -0.382. The lowest BCUT2D eigenvalue weighted by Gasteiger charge is -2.08. The molecular weight excluding hydrogens is 361 g/mol. The number of halogens is 3. The molecule has 2 N–H and O–H groups in total. The van der Waals surface area contributed by atoms with Crippen molar-refractivity contribution in [2.45, 2.75) is 26.6 Å². The number of hydrogen-bond donors (Lipinski definition) is 2. The van der Waals surface area contributed by atoms with Gasteiger partial charge < -0.3 is 10.6 Å². The summed E-state index contributed by atoms with van der Waals surface area (Å²) in [6, 6.07) is 4.96. The number of rotatable bonds is 4. The van der Waals surface area contributed by atoms with Crippen LogP contribution in [0.5, 0.6) is 0 Å². The first-order chi connectivity index (χ1) is 12.4. The fourth-order valence-corrected chi connectivity index (χ4v) is 2.72. The van der Waals surface area contributed by atoms with Gasteiger partial charge in [0.2, 0.25) is 0 Å². The van der Waals surface area contributed by atoms with Gasteiger partial charge in [-0.1, -0.05) is 17.9 Å². The zero-order valence-electron chi connectivity index (χ0n) is 14.4. The van der Waals surface area contributed by atoms with Gasteiger partial charge in [0.1, 0.15) is 5.01 Å². The monoisotopic (exact) mass is 380 g/mol. The van der Waals surface area contributed by atoms with Gasteiger partial charge in [-0.2, -0.15) is 13.2 Å². The molecular formula is C18H19F3N4S. The van der Waals surface area contributed by atoms with Crippen LogP contribution in [-0.2, 0) is 12.7 Å². The highest BCUT2D eigenvalue weighted by molar-refractivity contribution is 7.11. The summed E-state index contributed by atoms with van der Waals surface area (Å²) in [6.45, 7) is 5.33. The van der Waals surface area contributed by atoms with Crippen LogP contribution in [0.3, 0.4) is 0 Å². The average Bonchev–Trinajstić information content (AvgIpc) is 3.01. The van der Waals surface area contributed by atoms with Crippen molar-refractivity contribution < 1.29 is 13.2 Å². The Hall–Kier alpha value is -2.53. The van der Waals surface area contributed by atoms with Crippen molar-refractivity contribution in [3.8, 4) is 11.8 Å². The minimum absolute atomic E-state index is 0.263. The summed E-state index contributed by atoms with van der Waals surface area (Å²) < 4.78 is 38.1. The molecule has 0 spiro atoms. The van der Waals surface area contributed by atoms with Crippen LogP contribution < -0.4 is 10.6 Å². The van der Waals surface area contributed by atoms with E-state index in [0.717, 1.165) is 22.0 Å². The van der Waals surface area contributed by atoms with Crippen LogP contribution in [0, 0.1) is 18.8 Å². The predicted octanol–water partition coefficient (Wildman–Crippen LogP) is 3.58. The molecule has 0 aliphatic carbocycles. The molecule has 4 nitrogen and oxygen atoms in total. The lowest BCUT2D eigenvalue weighted by molar-refractivity contribution is -0.137. The van der Waals surface area contributed by atoms with Crippen molar-refractivity contribution >= 4 is 17.3 Å². The number of aliphatic imine (C=N–C) groups is 1. The topological polar surface area (TPSA) is 49.3 Å². The van der Waals surface area contributed by atoms with E-state index in [0.29, 0.717) is 24.6 Å². The Labute approximate surface area is 154 Å². The summed E-state index contributed by atoms with van der Waals surface area (Å²) in [5.74, 6) is 6.12. The minimum atomic E-state index is -4.37. The van der Waals surface area contributed by atoms with E-state index in [4.69, 9.17) is 0 Å². The van der Waals surface area contributed by atoms with Crippen LogP contribution in [0.4, 0.5) is 13.2 Å². The molecule has 8 heteroatoms. The lowest BCUT2D eigenvalue weighted by Crippen LogP contribution is -2.37. The van der Waals surface area contributed by atoms with Crippen molar-refractivity contribution in [2.24, 2.45) is 4.99 Å². The molecule has 0 amide bonds. The van der Waals surface area contributed by atoms with Gasteiger partial charge in [-0.15, -0.1) is 11.3 Å². The van der Waals surface area contributed by atoms with E-state index < -0.39 is 11.7 Å². The van der Waals surface area contributed by atoms with Crippen molar-refractivity contribution in [2.75, 3.05) is 13.1 Å². The lowest BCUT2D eigenvalue weighted by atomic mass is 10.1. The van der Waals surface area contributed by atoms with E-state index in [1.54, 1.807) is 23.6 Å². The van der Waals surface area contributed by atoms with Gasteiger partial charge in [-0.05, 0) is 32.0 Å². The number of alkyl halides is 3. The Bertz CT molecular complexity index is 816. The van der Waals surface area contributed by atoms with Crippen molar-refractivity contribution in [1.82, 2.24) is 15.6 Å². The summed E-state index contributed by atoms with van der Waals surface area (Å²) in [7, 11) is 0. The number of aryl methyl sites for hydroxylation is 1. The molecule has 0 bridgehead atoms. The van der Waals surface area contributed by atoms with Crippen LogP contribution >= 0.6 is 11.3 Å². The van der Waals surface area contributed by atoms with E-state index in [-0.39, 0.29) is 6.54 Å². The number of nitrogens with one attached hydrogen (secondary N) is 2. The molecule has 138 valence electrons. The molecule has 0 aliphatic rings. The predicted molar refractivity (Wildman–Crippen MR) is 98.0 cm³/mol. The van der Waals surface area contributed by atoms with Crippen LogP contribution in [0.25, 0.3) is 0 Å². The maximum Gasteiger partial charge on any atom is 0.416 e. The molecule has 0 radical (unpaired) electrons. The molecule has 2 aromatic rings. The van der Waals surface area contributed by atoms with Crippen LogP contribution in [0.1, 0.15) is 27.9 Å². The van der Waals surface area contributed by atoms with Crippen molar-refractivity contribution in [3.05, 3.63) is 51.5 Å². The molecule has 0 saturated heterocycles. The van der Waals surface area contributed by atoms with Crippen LogP contribution in [0.15, 0.2) is 35.5 Å². The van der Waals surface area contributed by atoms with Crippen LogP contribution in [0.2, 0.25) is 0 Å². The Morgan fingerprint density at radius 3 is 2.77 bits per heavy atom. The number of aromatic nitrogens is 1. The molecule has 0 fully saturated rings. The number of guanidine groups is 1. The van der Waals surface area contributed by atoms with E-state index in [1.807, 2.05) is 13.8 Å². The number of hydrogen-bond acceptors (Lipinski definition) is 3. The third kappa shape index (κ3) is 6.41. The zero-order chi connectivity index (χ0) is 19.0. The molecule has 1 aromatic carbocycles. The van der Waals surface area contributed by atoms with Gasteiger partial charge in [-0.25, -0.2) is 9.98 Å². The summed E-state index contributed by atoms with van der Waals surface area (Å²) >= 11 is 1.58. The minimum Gasteiger partial charge on any atom is -0.357 e. The highest BCUT2D eigenvalue weighted by atomic mass is 32.1. The number of nitrogens with zero attached hydrogens (tertiary/aromatic N) is 2. The second kappa shape index (κ2) is 9.25. The first kappa shape index (κ1) is 19.8. The van der Waals surface area contributed by atoms with E-state index in [9.17, 15) is 13.2 Å². The maximum atomic E-state index is 12.7. The van der Waals surface area contributed by atoms with Gasteiger partial charge in [0.05, 0.1) is 18.7 Å². The normalized spacial score (nSPS) is 11.7. The fraction of sp³-hybridized carbons (Fsp3) is 0.333. The number of thiazole rings is 1. The molecule has 0 unspecified atom stereocenters. The van der Waals surface area contributed by atoms with Crippen molar-refractivity contribution in [3.63, 3.8) is 0 Å². The Kier molecular flexibility index (Phi) is 7.04. The third-order valence-electron chi connectivity index (χ3n) is 3.15. The first-order valence-electron chi connectivity index (χ1n) is 7.98. The molecule has 0 aliphatic heterocycles. The summed E-state index contributed by atoms with van der Waals surface area (Å²) in [4.78, 5) is 9.79. The molecule has 26 heavy (non-hydrogen) atoms. The van der Waals surface area contributed by atoms with Gasteiger partial charge in [0.15, 0.2) is 5.96 Å². The highest BCUT2D eigenvalue weighted by Crippen LogP contribution is 2.29. The zero-order valence-corrected chi connectivity index (χ0v) is 15.3. The van der Waals surface area contributed by atoms with Gasteiger partial charge in [0.25, 0.3) is 0 Å². The first-order valence-corrected chi connectivity index (χ1v) is 8.79. The third-order valence-corrected chi connectivity index (χ3v) is 4.05. The molecule has 0 saturated carbocycles. The fourth-order valence-electron chi connectivity index (χ4n) is 2.01. The summed E-state index contributed by atoms with van der Waals surface area (Å²) in [5, 5.41) is 7.03. The Morgan fingerprint density at radius 2 is 2.12 bits per heavy atom. The average molecular weight is 380 g/mol. The smallest absolute Gasteiger partial charge is 0.357 e. The number of benzene rings is 1. The second-order valence-corrected chi connectivity index (χ2v) is 6.61. The van der Waals surface area contributed by atoms with Gasteiger partial charge >= 0.3 is 6.18 Å². The van der Waals surface area contributed by atoms with E-state index in [2.05, 4.69) is 32.5 Å².